The van der Waals surface area contributed by atoms with Crippen molar-refractivity contribution in [1.29, 1.82) is 0 Å². The van der Waals surface area contributed by atoms with Crippen molar-refractivity contribution >= 4 is 33.4 Å². The summed E-state index contributed by atoms with van der Waals surface area (Å²) in [6.07, 6.45) is 4.23. The molecule has 2 aliphatic rings. The zero-order valence-corrected chi connectivity index (χ0v) is 13.1. The van der Waals surface area contributed by atoms with Gasteiger partial charge in [-0.15, -0.1) is 0 Å². The van der Waals surface area contributed by atoms with Gasteiger partial charge in [-0.05, 0) is 47.0 Å². The molecule has 2 fully saturated rings. The number of carbonyl (C=O) groups excluding carboxylic acids is 2. The predicted octanol–water partition coefficient (Wildman–Crippen LogP) is 2.75. The minimum Gasteiger partial charge on any atom is -0.340 e. The zero-order chi connectivity index (χ0) is 15.0. The summed E-state index contributed by atoms with van der Waals surface area (Å²) in [5.74, 6) is -0.745. The van der Waals surface area contributed by atoms with E-state index in [2.05, 4.69) is 21.2 Å². The number of carbonyl (C=O) groups is 2. The third-order valence-electron chi connectivity index (χ3n) is 4.24. The van der Waals surface area contributed by atoms with Crippen molar-refractivity contribution in [2.75, 3.05) is 11.4 Å². The lowest BCUT2D eigenvalue weighted by Gasteiger charge is -2.44. The molecule has 2 amide bonds. The van der Waals surface area contributed by atoms with E-state index in [0.717, 1.165) is 19.3 Å². The summed E-state index contributed by atoms with van der Waals surface area (Å²) in [5, 5.41) is 2.88. The molecule has 0 aromatic heterocycles. The number of rotatable bonds is 1. The summed E-state index contributed by atoms with van der Waals surface area (Å²) < 4.78 is 14.1. The Hall–Kier alpha value is -1.43. The molecule has 1 saturated heterocycles. The van der Waals surface area contributed by atoms with Crippen LogP contribution < -0.4 is 10.2 Å². The van der Waals surface area contributed by atoms with Gasteiger partial charge < -0.3 is 5.32 Å². The van der Waals surface area contributed by atoms with Crippen molar-refractivity contribution in [1.82, 2.24) is 5.32 Å². The highest BCUT2D eigenvalue weighted by atomic mass is 79.9. The fourth-order valence-corrected chi connectivity index (χ4v) is 3.68. The van der Waals surface area contributed by atoms with Crippen LogP contribution in [0.4, 0.5) is 10.1 Å². The van der Waals surface area contributed by atoms with Gasteiger partial charge in [0.25, 0.3) is 5.91 Å². The molecule has 1 spiro atoms. The summed E-state index contributed by atoms with van der Waals surface area (Å²) in [6, 6.07) is 4.16. The van der Waals surface area contributed by atoms with Crippen LogP contribution in [0, 0.1) is 5.82 Å². The number of amides is 2. The molecule has 21 heavy (non-hydrogen) atoms. The first kappa shape index (κ1) is 14.5. The van der Waals surface area contributed by atoms with Gasteiger partial charge >= 0.3 is 0 Å². The molecule has 4 nitrogen and oxygen atoms in total. The predicted molar refractivity (Wildman–Crippen MR) is 80.4 cm³/mol. The Balaban J connectivity index is 1.99. The van der Waals surface area contributed by atoms with Crippen molar-refractivity contribution in [3.05, 3.63) is 28.5 Å². The monoisotopic (exact) mass is 354 g/mol. The maximum Gasteiger partial charge on any atom is 0.253 e. The van der Waals surface area contributed by atoms with Gasteiger partial charge in [0, 0.05) is 4.47 Å². The molecule has 3 rings (SSSR count). The normalized spacial score (nSPS) is 21.5. The van der Waals surface area contributed by atoms with Crippen LogP contribution in [0.15, 0.2) is 22.7 Å². The van der Waals surface area contributed by atoms with Crippen LogP contribution in [0.5, 0.6) is 0 Å². The van der Waals surface area contributed by atoms with E-state index in [0.29, 0.717) is 23.0 Å². The Kier molecular flexibility index (Phi) is 3.73. The van der Waals surface area contributed by atoms with Crippen molar-refractivity contribution in [3.63, 3.8) is 0 Å². The summed E-state index contributed by atoms with van der Waals surface area (Å²) >= 11 is 3.33. The van der Waals surface area contributed by atoms with Crippen LogP contribution in [0.1, 0.15) is 32.1 Å². The zero-order valence-electron chi connectivity index (χ0n) is 11.5. The Morgan fingerprint density at radius 2 is 1.90 bits per heavy atom. The Morgan fingerprint density at radius 3 is 2.62 bits per heavy atom. The number of anilines is 1. The molecule has 1 N–H and O–H groups in total. The van der Waals surface area contributed by atoms with E-state index < -0.39 is 11.4 Å². The van der Waals surface area contributed by atoms with Crippen LogP contribution in [-0.2, 0) is 9.59 Å². The minimum absolute atomic E-state index is 0.0668. The van der Waals surface area contributed by atoms with E-state index in [9.17, 15) is 14.0 Å². The maximum atomic E-state index is 13.5. The number of nitrogens with one attached hydrogen (secondary N) is 1. The Bertz CT molecular complexity index is 599. The first-order valence-electron chi connectivity index (χ1n) is 7.10. The van der Waals surface area contributed by atoms with E-state index in [-0.39, 0.29) is 18.4 Å². The number of hydrogen-bond acceptors (Lipinski definition) is 2. The molecule has 0 atom stereocenters. The number of nitrogens with zero attached hydrogens (tertiary/aromatic N) is 1. The second kappa shape index (κ2) is 5.40. The average molecular weight is 355 g/mol. The van der Waals surface area contributed by atoms with Crippen LogP contribution >= 0.6 is 15.9 Å². The quantitative estimate of drug-likeness (QED) is 0.842. The lowest BCUT2D eigenvalue weighted by molar-refractivity contribution is -0.137. The van der Waals surface area contributed by atoms with Gasteiger partial charge in [-0.3, -0.25) is 14.5 Å². The van der Waals surface area contributed by atoms with Gasteiger partial charge in [0.05, 0.1) is 5.69 Å². The maximum absolute atomic E-state index is 13.5. The highest BCUT2D eigenvalue weighted by Gasteiger charge is 2.47. The lowest BCUT2D eigenvalue weighted by atomic mass is 9.79. The largest absolute Gasteiger partial charge is 0.340 e. The van der Waals surface area contributed by atoms with Crippen LogP contribution in [0.25, 0.3) is 0 Å². The van der Waals surface area contributed by atoms with Gasteiger partial charge in [-0.1, -0.05) is 19.3 Å². The molecule has 1 aromatic carbocycles. The highest BCUT2D eigenvalue weighted by Crippen LogP contribution is 2.36. The molecule has 0 bridgehead atoms. The fraction of sp³-hybridized carbons (Fsp3) is 0.467. The molecule has 6 heteroatoms. The minimum atomic E-state index is -0.806. The molecular formula is C15H16BrFN2O2. The standard InChI is InChI=1S/C15H16BrFN2O2/c16-11-5-4-10(17)8-12(11)19-9-13(20)18-15(14(19)21)6-2-1-3-7-15/h4-5,8H,1-3,6-7,9H2,(H,18,20). The second-order valence-corrected chi connectivity index (χ2v) is 6.53. The Morgan fingerprint density at radius 1 is 1.19 bits per heavy atom. The van der Waals surface area contributed by atoms with Gasteiger partial charge in [0.2, 0.25) is 5.91 Å². The third kappa shape index (κ3) is 2.57. The van der Waals surface area contributed by atoms with Crippen LogP contribution in [-0.4, -0.2) is 23.9 Å². The number of halogens is 2. The highest BCUT2D eigenvalue weighted by molar-refractivity contribution is 9.10. The van der Waals surface area contributed by atoms with Crippen molar-refractivity contribution in [2.45, 2.75) is 37.6 Å². The fourth-order valence-electron chi connectivity index (χ4n) is 3.22. The van der Waals surface area contributed by atoms with E-state index in [4.69, 9.17) is 0 Å². The topological polar surface area (TPSA) is 49.4 Å². The number of hydrogen-bond donors (Lipinski definition) is 1. The van der Waals surface area contributed by atoms with E-state index in [1.807, 2.05) is 0 Å². The van der Waals surface area contributed by atoms with Gasteiger partial charge in [-0.2, -0.15) is 0 Å². The molecule has 112 valence electrons. The van der Waals surface area contributed by atoms with Gasteiger partial charge in [0.1, 0.15) is 17.9 Å². The summed E-state index contributed by atoms with van der Waals surface area (Å²) in [4.78, 5) is 26.3. The summed E-state index contributed by atoms with van der Waals surface area (Å²) in [7, 11) is 0. The van der Waals surface area contributed by atoms with E-state index in [1.165, 1.54) is 17.0 Å². The van der Waals surface area contributed by atoms with Gasteiger partial charge in [-0.25, -0.2) is 4.39 Å². The SMILES string of the molecule is O=C1CN(c2cc(F)ccc2Br)C(=O)C2(CCCCC2)N1. The van der Waals surface area contributed by atoms with Crippen molar-refractivity contribution in [2.24, 2.45) is 0 Å². The first-order chi connectivity index (χ1) is 10.0. The van der Waals surface area contributed by atoms with E-state index >= 15 is 0 Å². The van der Waals surface area contributed by atoms with Gasteiger partial charge in [0.15, 0.2) is 0 Å². The molecule has 1 saturated carbocycles. The summed E-state index contributed by atoms with van der Waals surface area (Å²) in [5.41, 5.74) is -0.390. The summed E-state index contributed by atoms with van der Waals surface area (Å²) in [6.45, 7) is -0.0668. The smallest absolute Gasteiger partial charge is 0.253 e. The Labute approximate surface area is 130 Å². The molecule has 1 aromatic rings. The molecular weight excluding hydrogens is 339 g/mol. The van der Waals surface area contributed by atoms with Crippen LogP contribution in [0.2, 0.25) is 0 Å². The van der Waals surface area contributed by atoms with Crippen molar-refractivity contribution in [3.8, 4) is 0 Å². The second-order valence-electron chi connectivity index (χ2n) is 5.68. The first-order valence-corrected chi connectivity index (χ1v) is 7.89. The third-order valence-corrected chi connectivity index (χ3v) is 4.91. The van der Waals surface area contributed by atoms with Crippen LogP contribution in [0.3, 0.4) is 0 Å². The molecule has 0 unspecified atom stereocenters. The lowest BCUT2D eigenvalue weighted by Crippen LogP contribution is -2.67. The molecule has 1 aliphatic carbocycles. The number of piperazine rings is 1. The van der Waals surface area contributed by atoms with E-state index in [1.54, 1.807) is 6.07 Å². The molecule has 0 radical (unpaired) electrons. The average Bonchev–Trinajstić information content (AvgIpc) is 2.47. The molecule has 1 heterocycles. The number of benzene rings is 1. The molecule has 1 aliphatic heterocycles. The van der Waals surface area contributed by atoms with Crippen molar-refractivity contribution < 1.29 is 14.0 Å².